The number of fused-ring (bicyclic) bond motifs is 1. The molecule has 7 heteroatoms. The summed E-state index contributed by atoms with van der Waals surface area (Å²) in [5.74, 6) is 0.938. The van der Waals surface area contributed by atoms with Crippen LogP contribution < -0.4 is 14.8 Å². The molecule has 0 saturated carbocycles. The van der Waals surface area contributed by atoms with E-state index in [1.807, 2.05) is 18.2 Å². The number of hydrogen-bond donors (Lipinski definition) is 2. The van der Waals surface area contributed by atoms with E-state index in [0.29, 0.717) is 13.2 Å². The Bertz CT molecular complexity index is 548. The molecule has 0 radical (unpaired) electrons. The Hall–Kier alpha value is -0.630. The van der Waals surface area contributed by atoms with Gasteiger partial charge in [0.25, 0.3) is 0 Å². The van der Waals surface area contributed by atoms with Gasteiger partial charge in [-0.05, 0) is 25.2 Å². The highest BCUT2D eigenvalue weighted by atomic mass is 79.9. The second kappa shape index (κ2) is 6.21. The lowest BCUT2D eigenvalue weighted by atomic mass is 10.0. The summed E-state index contributed by atoms with van der Waals surface area (Å²) in [4.78, 5) is 0. The normalized spacial score (nSPS) is 18.7. The maximum absolute atomic E-state index is 11.4. The molecule has 2 N–H and O–H groups in total. The van der Waals surface area contributed by atoms with E-state index in [0.717, 1.165) is 22.2 Å². The topological polar surface area (TPSA) is 67.4 Å². The van der Waals surface area contributed by atoms with E-state index < -0.39 is 10.0 Å². The summed E-state index contributed by atoms with van der Waals surface area (Å²) in [6.07, 6.45) is 0.836. The van der Waals surface area contributed by atoms with Crippen molar-refractivity contribution in [1.82, 2.24) is 10.0 Å². The fraction of sp³-hybridized carbons (Fsp3) is 0.500. The number of hydrogen-bond acceptors (Lipinski definition) is 4. The van der Waals surface area contributed by atoms with E-state index >= 15 is 0 Å². The van der Waals surface area contributed by atoms with Crippen LogP contribution >= 0.6 is 15.9 Å². The van der Waals surface area contributed by atoms with Gasteiger partial charge in [-0.25, -0.2) is 13.1 Å². The summed E-state index contributed by atoms with van der Waals surface area (Å²) < 4.78 is 31.6. The van der Waals surface area contributed by atoms with Gasteiger partial charge in [-0.3, -0.25) is 0 Å². The van der Waals surface area contributed by atoms with Crippen molar-refractivity contribution in [2.24, 2.45) is 0 Å². The van der Waals surface area contributed by atoms with Crippen molar-refractivity contribution in [1.29, 1.82) is 0 Å². The molecule has 0 saturated heterocycles. The van der Waals surface area contributed by atoms with Gasteiger partial charge in [-0.2, -0.15) is 0 Å². The van der Waals surface area contributed by atoms with Gasteiger partial charge >= 0.3 is 0 Å². The van der Waals surface area contributed by atoms with E-state index in [4.69, 9.17) is 4.74 Å². The Morgan fingerprint density at radius 1 is 1.47 bits per heavy atom. The standard InChI is InChI=1S/C12H17BrN2O3S/c1-14-19(16,17)7-5-15-11-4-6-18-12-3-2-9(13)8-10(11)12/h2-3,8,11,14-15H,4-7H2,1H3. The lowest BCUT2D eigenvalue weighted by molar-refractivity contribution is 0.254. The van der Waals surface area contributed by atoms with Gasteiger partial charge in [0.2, 0.25) is 10.0 Å². The molecule has 1 aromatic rings. The van der Waals surface area contributed by atoms with Gasteiger partial charge in [0.1, 0.15) is 5.75 Å². The number of halogens is 1. The number of nitrogens with one attached hydrogen (secondary N) is 2. The lowest BCUT2D eigenvalue weighted by Gasteiger charge is -2.27. The monoisotopic (exact) mass is 348 g/mol. The zero-order chi connectivity index (χ0) is 13.9. The number of rotatable bonds is 5. The predicted molar refractivity (Wildman–Crippen MR) is 77.8 cm³/mol. The maximum Gasteiger partial charge on any atom is 0.212 e. The van der Waals surface area contributed by atoms with Crippen molar-refractivity contribution < 1.29 is 13.2 Å². The third-order valence-electron chi connectivity index (χ3n) is 3.08. The highest BCUT2D eigenvalue weighted by Gasteiger charge is 2.21. The molecule has 1 atom stereocenters. The molecule has 2 rings (SSSR count). The molecule has 0 aliphatic carbocycles. The molecule has 1 unspecified atom stereocenters. The van der Waals surface area contributed by atoms with E-state index in [9.17, 15) is 8.42 Å². The van der Waals surface area contributed by atoms with Crippen molar-refractivity contribution in [3.8, 4) is 5.75 Å². The first kappa shape index (κ1) is 14.8. The van der Waals surface area contributed by atoms with Gasteiger partial charge in [0, 0.05) is 29.0 Å². The summed E-state index contributed by atoms with van der Waals surface area (Å²) in [5.41, 5.74) is 1.07. The van der Waals surface area contributed by atoms with Gasteiger partial charge in [-0.15, -0.1) is 0 Å². The van der Waals surface area contributed by atoms with Crippen LogP contribution in [0.4, 0.5) is 0 Å². The maximum atomic E-state index is 11.4. The van der Waals surface area contributed by atoms with Crippen LogP contribution in [0.1, 0.15) is 18.0 Å². The van der Waals surface area contributed by atoms with Gasteiger partial charge in [-0.1, -0.05) is 15.9 Å². The van der Waals surface area contributed by atoms with Crippen LogP contribution in [-0.4, -0.2) is 34.4 Å². The van der Waals surface area contributed by atoms with Crippen LogP contribution in [0.3, 0.4) is 0 Å². The number of sulfonamides is 1. The van der Waals surface area contributed by atoms with Crippen LogP contribution in [0.25, 0.3) is 0 Å². The average molecular weight is 349 g/mol. The molecule has 0 fully saturated rings. The number of benzene rings is 1. The Morgan fingerprint density at radius 3 is 3.00 bits per heavy atom. The summed E-state index contributed by atoms with van der Waals surface area (Å²) >= 11 is 3.44. The first-order valence-corrected chi connectivity index (χ1v) is 8.53. The van der Waals surface area contributed by atoms with Gasteiger partial charge in [0.15, 0.2) is 0 Å². The third-order valence-corrected chi connectivity index (χ3v) is 4.94. The molecular weight excluding hydrogens is 332 g/mol. The molecule has 0 amide bonds. The van der Waals surface area contributed by atoms with E-state index in [-0.39, 0.29) is 11.8 Å². The quantitative estimate of drug-likeness (QED) is 0.844. The molecular formula is C12H17BrN2O3S. The van der Waals surface area contributed by atoms with E-state index in [1.165, 1.54) is 7.05 Å². The molecule has 0 bridgehead atoms. The molecule has 1 aliphatic heterocycles. The predicted octanol–water partition coefficient (Wildman–Crippen LogP) is 1.41. The third kappa shape index (κ3) is 3.92. The lowest BCUT2D eigenvalue weighted by Crippen LogP contribution is -2.33. The van der Waals surface area contributed by atoms with Crippen molar-refractivity contribution in [2.75, 3.05) is 26.0 Å². The molecule has 19 heavy (non-hydrogen) atoms. The Kier molecular flexibility index (Phi) is 4.83. The minimum absolute atomic E-state index is 0.0736. The zero-order valence-electron chi connectivity index (χ0n) is 10.6. The van der Waals surface area contributed by atoms with E-state index in [2.05, 4.69) is 26.0 Å². The molecule has 1 aromatic carbocycles. The minimum atomic E-state index is -3.16. The molecule has 1 aliphatic rings. The van der Waals surface area contributed by atoms with Crippen molar-refractivity contribution in [3.63, 3.8) is 0 Å². The number of ether oxygens (including phenoxy) is 1. The SMILES string of the molecule is CNS(=O)(=O)CCNC1CCOc2ccc(Br)cc21. The Labute approximate surface area is 121 Å². The molecule has 106 valence electrons. The second-order valence-electron chi connectivity index (χ2n) is 4.35. The summed E-state index contributed by atoms with van der Waals surface area (Å²) in [7, 11) is -1.73. The highest BCUT2D eigenvalue weighted by molar-refractivity contribution is 9.10. The molecule has 0 aromatic heterocycles. The minimum Gasteiger partial charge on any atom is -0.493 e. The van der Waals surface area contributed by atoms with Gasteiger partial charge in [0.05, 0.1) is 12.4 Å². The first-order valence-electron chi connectivity index (χ1n) is 6.09. The van der Waals surface area contributed by atoms with E-state index in [1.54, 1.807) is 0 Å². The average Bonchev–Trinajstić information content (AvgIpc) is 2.39. The summed E-state index contributed by atoms with van der Waals surface area (Å²) in [6, 6.07) is 6.01. The first-order chi connectivity index (χ1) is 9.02. The van der Waals surface area contributed by atoms with Crippen LogP contribution in [0.5, 0.6) is 5.75 Å². The van der Waals surface area contributed by atoms with Crippen molar-refractivity contribution >= 4 is 26.0 Å². The summed E-state index contributed by atoms with van der Waals surface area (Å²) in [6.45, 7) is 1.06. The van der Waals surface area contributed by atoms with Crippen molar-refractivity contribution in [2.45, 2.75) is 12.5 Å². The zero-order valence-corrected chi connectivity index (χ0v) is 13.1. The Morgan fingerprint density at radius 2 is 2.26 bits per heavy atom. The van der Waals surface area contributed by atoms with Crippen molar-refractivity contribution in [3.05, 3.63) is 28.2 Å². The Balaban J connectivity index is 2.02. The highest BCUT2D eigenvalue weighted by Crippen LogP contribution is 2.33. The van der Waals surface area contributed by atoms with Gasteiger partial charge < -0.3 is 10.1 Å². The van der Waals surface area contributed by atoms with Crippen LogP contribution in [0, 0.1) is 0 Å². The van der Waals surface area contributed by atoms with Crippen LogP contribution in [0.15, 0.2) is 22.7 Å². The largest absolute Gasteiger partial charge is 0.493 e. The second-order valence-corrected chi connectivity index (χ2v) is 7.31. The van der Waals surface area contributed by atoms with Crippen LogP contribution in [-0.2, 0) is 10.0 Å². The molecule has 5 nitrogen and oxygen atoms in total. The summed E-state index contributed by atoms with van der Waals surface area (Å²) in [5, 5.41) is 3.28. The molecule has 0 spiro atoms. The fourth-order valence-electron chi connectivity index (χ4n) is 2.05. The fourth-order valence-corrected chi connectivity index (χ4v) is 3.02. The smallest absolute Gasteiger partial charge is 0.212 e. The van der Waals surface area contributed by atoms with Crippen LogP contribution in [0.2, 0.25) is 0 Å². The molecule has 1 heterocycles.